The Balaban J connectivity index is 1.66. The van der Waals surface area contributed by atoms with Crippen LogP contribution >= 0.6 is 0 Å². The summed E-state index contributed by atoms with van der Waals surface area (Å²) in [4.78, 5) is 13.9. The molecule has 0 unspecified atom stereocenters. The van der Waals surface area contributed by atoms with Crippen molar-refractivity contribution in [3.8, 4) is 11.5 Å². The first-order valence-electron chi connectivity index (χ1n) is 8.20. The van der Waals surface area contributed by atoms with Gasteiger partial charge in [-0.1, -0.05) is 18.2 Å². The van der Waals surface area contributed by atoms with Crippen LogP contribution in [0.15, 0.2) is 42.5 Å². The van der Waals surface area contributed by atoms with Crippen molar-refractivity contribution in [3.05, 3.63) is 59.7 Å². The fourth-order valence-electron chi connectivity index (χ4n) is 2.74. The van der Waals surface area contributed by atoms with Crippen molar-refractivity contribution < 1.29 is 27.8 Å². The predicted octanol–water partition coefficient (Wildman–Crippen LogP) is 2.89. The molecule has 0 radical (unpaired) electrons. The second-order valence-electron chi connectivity index (χ2n) is 5.83. The lowest BCUT2D eigenvalue weighted by Gasteiger charge is -2.33. The van der Waals surface area contributed by atoms with E-state index in [2.05, 4.69) is 0 Å². The highest BCUT2D eigenvalue weighted by atomic mass is 19.1. The van der Waals surface area contributed by atoms with E-state index >= 15 is 0 Å². The second-order valence-corrected chi connectivity index (χ2v) is 5.83. The van der Waals surface area contributed by atoms with Crippen molar-refractivity contribution in [2.45, 2.75) is 6.10 Å². The van der Waals surface area contributed by atoms with Crippen molar-refractivity contribution in [1.82, 2.24) is 4.90 Å². The highest BCUT2D eigenvalue weighted by Crippen LogP contribution is 2.23. The number of para-hydroxylation sites is 1. The van der Waals surface area contributed by atoms with Gasteiger partial charge in [0.15, 0.2) is 0 Å². The minimum absolute atomic E-state index is 0.0210. The van der Waals surface area contributed by atoms with Gasteiger partial charge in [-0.3, -0.25) is 4.79 Å². The van der Waals surface area contributed by atoms with Crippen LogP contribution in [-0.4, -0.2) is 50.3 Å². The third kappa shape index (κ3) is 4.11. The van der Waals surface area contributed by atoms with E-state index in [-0.39, 0.29) is 38.2 Å². The normalized spacial score (nSPS) is 17.0. The molecule has 26 heavy (non-hydrogen) atoms. The maximum atomic E-state index is 14.1. The highest BCUT2D eigenvalue weighted by Gasteiger charge is 2.29. The smallest absolute Gasteiger partial charge is 0.260 e. The molecule has 0 aromatic heterocycles. The number of halogens is 2. The zero-order valence-corrected chi connectivity index (χ0v) is 14.3. The molecule has 0 saturated carbocycles. The number of hydrogen-bond acceptors (Lipinski definition) is 4. The van der Waals surface area contributed by atoms with Crippen LogP contribution in [-0.2, 0) is 4.74 Å². The van der Waals surface area contributed by atoms with Crippen LogP contribution in [0.4, 0.5) is 8.78 Å². The Morgan fingerprint density at radius 3 is 2.54 bits per heavy atom. The van der Waals surface area contributed by atoms with Gasteiger partial charge < -0.3 is 19.1 Å². The number of hydrogen-bond donors (Lipinski definition) is 0. The standard InChI is InChI=1S/C19H19F2NO4/c1-24-14-9-16(20)18(17(21)10-14)19(23)22-7-8-25-15(11-22)12-26-13-5-3-2-4-6-13/h2-6,9-10,15H,7-8,11-12H2,1H3/t15-/m1/s1. The molecule has 1 aliphatic rings. The van der Waals surface area contributed by atoms with Gasteiger partial charge in [-0.05, 0) is 12.1 Å². The van der Waals surface area contributed by atoms with Gasteiger partial charge in [0.25, 0.3) is 5.91 Å². The van der Waals surface area contributed by atoms with E-state index in [0.717, 1.165) is 12.1 Å². The topological polar surface area (TPSA) is 48.0 Å². The van der Waals surface area contributed by atoms with Crippen LogP contribution in [0, 0.1) is 11.6 Å². The summed E-state index contributed by atoms with van der Waals surface area (Å²) < 4.78 is 44.3. The largest absolute Gasteiger partial charge is 0.497 e. The first-order chi connectivity index (χ1) is 12.6. The third-order valence-corrected chi connectivity index (χ3v) is 4.07. The van der Waals surface area contributed by atoms with Gasteiger partial charge in [0.1, 0.15) is 41.4 Å². The minimum Gasteiger partial charge on any atom is -0.497 e. The maximum absolute atomic E-state index is 14.1. The molecule has 0 aliphatic carbocycles. The molecule has 2 aromatic carbocycles. The van der Waals surface area contributed by atoms with Crippen LogP contribution < -0.4 is 9.47 Å². The molecule has 1 saturated heterocycles. The lowest BCUT2D eigenvalue weighted by molar-refractivity contribution is -0.0403. The Morgan fingerprint density at radius 2 is 1.88 bits per heavy atom. The molecule has 5 nitrogen and oxygen atoms in total. The molecule has 1 fully saturated rings. The number of morpholine rings is 1. The Hall–Kier alpha value is -2.67. The first-order valence-corrected chi connectivity index (χ1v) is 8.20. The number of nitrogens with zero attached hydrogens (tertiary/aromatic N) is 1. The lowest BCUT2D eigenvalue weighted by atomic mass is 10.1. The molecule has 1 heterocycles. The van der Waals surface area contributed by atoms with Crippen LogP contribution in [0.2, 0.25) is 0 Å². The summed E-state index contributed by atoms with van der Waals surface area (Å²) in [5.41, 5.74) is -0.588. The quantitative estimate of drug-likeness (QED) is 0.820. The third-order valence-electron chi connectivity index (χ3n) is 4.07. The molecule has 1 aliphatic heterocycles. The summed E-state index contributed by atoms with van der Waals surface area (Å²) in [6.45, 7) is 0.956. The Kier molecular flexibility index (Phi) is 5.68. The van der Waals surface area contributed by atoms with E-state index in [4.69, 9.17) is 14.2 Å². The first kappa shape index (κ1) is 18.1. The monoisotopic (exact) mass is 363 g/mol. The summed E-state index contributed by atoms with van der Waals surface area (Å²) in [6, 6.07) is 11.2. The number of ether oxygens (including phenoxy) is 3. The number of carbonyl (C=O) groups is 1. The number of rotatable bonds is 5. The van der Waals surface area contributed by atoms with E-state index in [9.17, 15) is 13.6 Å². The molecular weight excluding hydrogens is 344 g/mol. The molecular formula is C19H19F2NO4. The molecule has 7 heteroatoms. The van der Waals surface area contributed by atoms with E-state index in [0.29, 0.717) is 5.75 Å². The molecule has 138 valence electrons. The average molecular weight is 363 g/mol. The number of carbonyl (C=O) groups excluding carboxylic acids is 1. The van der Waals surface area contributed by atoms with Gasteiger partial charge in [0, 0.05) is 18.7 Å². The van der Waals surface area contributed by atoms with E-state index in [1.807, 2.05) is 30.3 Å². The molecule has 2 aromatic rings. The summed E-state index contributed by atoms with van der Waals surface area (Å²) >= 11 is 0. The summed E-state index contributed by atoms with van der Waals surface area (Å²) in [5, 5.41) is 0. The van der Waals surface area contributed by atoms with Crippen molar-refractivity contribution in [2.75, 3.05) is 33.4 Å². The van der Waals surface area contributed by atoms with Crippen molar-refractivity contribution in [1.29, 1.82) is 0 Å². The zero-order chi connectivity index (χ0) is 18.5. The summed E-state index contributed by atoms with van der Waals surface area (Å²) in [5.74, 6) is -1.90. The van der Waals surface area contributed by atoms with Gasteiger partial charge in [-0.15, -0.1) is 0 Å². The maximum Gasteiger partial charge on any atom is 0.260 e. The van der Waals surface area contributed by atoms with Gasteiger partial charge in [-0.25, -0.2) is 8.78 Å². The van der Waals surface area contributed by atoms with Crippen LogP contribution in [0.3, 0.4) is 0 Å². The second kappa shape index (κ2) is 8.14. The molecule has 0 bridgehead atoms. The van der Waals surface area contributed by atoms with Crippen molar-refractivity contribution in [3.63, 3.8) is 0 Å². The van der Waals surface area contributed by atoms with Gasteiger partial charge in [0.2, 0.25) is 0 Å². The van der Waals surface area contributed by atoms with Gasteiger partial charge >= 0.3 is 0 Å². The molecule has 1 amide bonds. The molecule has 0 spiro atoms. The fourth-order valence-corrected chi connectivity index (χ4v) is 2.74. The predicted molar refractivity (Wildman–Crippen MR) is 90.5 cm³/mol. The highest BCUT2D eigenvalue weighted by molar-refractivity contribution is 5.95. The molecule has 3 rings (SSSR count). The number of methoxy groups -OCH3 is 1. The average Bonchev–Trinajstić information content (AvgIpc) is 2.66. The summed E-state index contributed by atoms with van der Waals surface area (Å²) in [6.07, 6.45) is -0.378. The van der Waals surface area contributed by atoms with Crippen LogP contribution in [0.5, 0.6) is 11.5 Å². The van der Waals surface area contributed by atoms with E-state index < -0.39 is 23.1 Å². The number of benzene rings is 2. The van der Waals surface area contributed by atoms with Crippen molar-refractivity contribution in [2.24, 2.45) is 0 Å². The minimum atomic E-state index is -0.949. The fraction of sp³-hybridized carbons (Fsp3) is 0.316. The number of amides is 1. The van der Waals surface area contributed by atoms with Crippen LogP contribution in [0.1, 0.15) is 10.4 Å². The van der Waals surface area contributed by atoms with E-state index in [1.54, 1.807) is 0 Å². The molecule has 0 N–H and O–H groups in total. The zero-order valence-electron chi connectivity index (χ0n) is 14.3. The van der Waals surface area contributed by atoms with E-state index in [1.165, 1.54) is 12.0 Å². The lowest BCUT2D eigenvalue weighted by Crippen LogP contribution is -2.48. The summed E-state index contributed by atoms with van der Waals surface area (Å²) in [7, 11) is 1.30. The van der Waals surface area contributed by atoms with Crippen molar-refractivity contribution >= 4 is 5.91 Å². The Morgan fingerprint density at radius 1 is 1.19 bits per heavy atom. The SMILES string of the molecule is COc1cc(F)c(C(=O)N2CCO[C@@H](COc3ccccc3)C2)c(F)c1. The van der Waals surface area contributed by atoms with Gasteiger partial charge in [-0.2, -0.15) is 0 Å². The Bertz CT molecular complexity index is 746. The molecule has 1 atom stereocenters. The van der Waals surface area contributed by atoms with Crippen LogP contribution in [0.25, 0.3) is 0 Å². The Labute approximate surface area is 150 Å². The van der Waals surface area contributed by atoms with Gasteiger partial charge in [0.05, 0.1) is 20.3 Å².